The molecular weight excluding hydrogens is 440 g/mol. The van der Waals surface area contributed by atoms with Crippen LogP contribution in [-0.4, -0.2) is 56.8 Å². The summed E-state index contributed by atoms with van der Waals surface area (Å²) in [6.07, 6.45) is 0. The number of amides is 2. The highest BCUT2D eigenvalue weighted by Crippen LogP contribution is 2.30. The number of hydrogen-bond acceptors (Lipinski definition) is 7. The second kappa shape index (κ2) is 10.6. The lowest BCUT2D eigenvalue weighted by molar-refractivity contribution is -0.384. The van der Waals surface area contributed by atoms with Gasteiger partial charge in [-0.2, -0.15) is 0 Å². The normalized spacial score (nSPS) is 10.8. The van der Waals surface area contributed by atoms with Gasteiger partial charge in [0.25, 0.3) is 21.6 Å². The van der Waals surface area contributed by atoms with Crippen molar-refractivity contribution >= 4 is 33.2 Å². The third kappa shape index (κ3) is 5.94. The van der Waals surface area contributed by atoms with Crippen molar-refractivity contribution in [3.63, 3.8) is 0 Å². The summed E-state index contributed by atoms with van der Waals surface area (Å²) in [6.45, 7) is 4.55. The molecule has 172 valence electrons. The Kier molecular flexibility index (Phi) is 8.13. The van der Waals surface area contributed by atoms with Crippen molar-refractivity contribution < 1.29 is 27.7 Å². The fourth-order valence-corrected chi connectivity index (χ4v) is 3.89. The summed E-state index contributed by atoms with van der Waals surface area (Å²) in [5.74, 6) is -0.645. The summed E-state index contributed by atoms with van der Waals surface area (Å²) >= 11 is 0. The standard InChI is InChI=1S/C20H24N4O7S/c1-4-23(5-2)19(25)13-21-20(26)14-6-9-16(10-7-14)32(29,30)22-17-12-15(24(27)28)8-11-18(17)31-3/h6-12,22H,4-5,13H2,1-3H3,(H,21,26). The molecular formula is C20H24N4O7S. The number of non-ortho nitro benzene ring substituents is 1. The number of sulfonamides is 1. The number of nitrogens with one attached hydrogen (secondary N) is 2. The van der Waals surface area contributed by atoms with Crippen molar-refractivity contribution in [3.05, 3.63) is 58.1 Å². The first kappa shape index (κ1) is 24.6. The Hall–Kier alpha value is -3.67. The van der Waals surface area contributed by atoms with Crippen molar-refractivity contribution in [1.82, 2.24) is 10.2 Å². The first-order valence-corrected chi connectivity index (χ1v) is 11.1. The minimum absolute atomic E-state index is 0.0987. The van der Waals surface area contributed by atoms with Crippen LogP contribution in [0.3, 0.4) is 0 Å². The molecule has 2 N–H and O–H groups in total. The minimum Gasteiger partial charge on any atom is -0.495 e. The third-order valence-corrected chi connectivity index (χ3v) is 5.96. The zero-order valence-corrected chi connectivity index (χ0v) is 18.6. The van der Waals surface area contributed by atoms with Crippen molar-refractivity contribution in [3.8, 4) is 5.75 Å². The summed E-state index contributed by atoms with van der Waals surface area (Å²) < 4.78 is 32.7. The van der Waals surface area contributed by atoms with Crippen molar-refractivity contribution in [1.29, 1.82) is 0 Å². The van der Waals surface area contributed by atoms with Crippen molar-refractivity contribution in [2.45, 2.75) is 18.7 Å². The predicted octanol–water partition coefficient (Wildman–Crippen LogP) is 2.00. The molecule has 2 aromatic carbocycles. The van der Waals surface area contributed by atoms with Crippen LogP contribution in [0.2, 0.25) is 0 Å². The molecule has 0 fully saturated rings. The number of rotatable bonds is 10. The highest BCUT2D eigenvalue weighted by atomic mass is 32.2. The van der Waals surface area contributed by atoms with E-state index in [2.05, 4.69) is 10.0 Å². The van der Waals surface area contributed by atoms with Crippen LogP contribution in [0.5, 0.6) is 5.75 Å². The van der Waals surface area contributed by atoms with Gasteiger partial charge in [-0.3, -0.25) is 24.4 Å². The number of nitro benzene ring substituents is 1. The van der Waals surface area contributed by atoms with E-state index in [9.17, 15) is 28.1 Å². The fraction of sp³-hybridized carbons (Fsp3) is 0.300. The van der Waals surface area contributed by atoms with Crippen LogP contribution < -0.4 is 14.8 Å². The van der Waals surface area contributed by atoms with Gasteiger partial charge in [0.15, 0.2) is 0 Å². The highest BCUT2D eigenvalue weighted by Gasteiger charge is 2.20. The summed E-state index contributed by atoms with van der Waals surface area (Å²) in [5.41, 5.74) is -0.238. The van der Waals surface area contributed by atoms with Crippen LogP contribution in [0.1, 0.15) is 24.2 Å². The van der Waals surface area contributed by atoms with Crippen LogP contribution in [0.15, 0.2) is 47.4 Å². The highest BCUT2D eigenvalue weighted by molar-refractivity contribution is 7.92. The van der Waals surface area contributed by atoms with Gasteiger partial charge < -0.3 is 15.0 Å². The van der Waals surface area contributed by atoms with Crippen LogP contribution >= 0.6 is 0 Å². The van der Waals surface area contributed by atoms with Gasteiger partial charge in [0.1, 0.15) is 5.75 Å². The number of carbonyl (C=O) groups is 2. The molecule has 32 heavy (non-hydrogen) atoms. The van der Waals surface area contributed by atoms with Crippen LogP contribution in [0.4, 0.5) is 11.4 Å². The summed E-state index contributed by atoms with van der Waals surface area (Å²) in [4.78, 5) is 36.0. The second-order valence-electron chi connectivity index (χ2n) is 6.52. The molecule has 2 amide bonds. The van der Waals surface area contributed by atoms with E-state index in [1.807, 2.05) is 13.8 Å². The van der Waals surface area contributed by atoms with E-state index in [1.54, 1.807) is 4.90 Å². The fourth-order valence-electron chi connectivity index (χ4n) is 2.82. The number of anilines is 1. The molecule has 0 spiro atoms. The molecule has 12 heteroatoms. The SMILES string of the molecule is CCN(CC)C(=O)CNC(=O)c1ccc(S(=O)(=O)Nc2cc([N+](=O)[O-])ccc2OC)cc1. The lowest BCUT2D eigenvalue weighted by Gasteiger charge is -2.18. The quantitative estimate of drug-likeness (QED) is 0.403. The van der Waals surface area contributed by atoms with Crippen molar-refractivity contribution in [2.75, 3.05) is 31.5 Å². The number of likely N-dealkylation sites (N-methyl/N-ethyl adjacent to an activating group) is 1. The Labute approximate surface area is 185 Å². The largest absolute Gasteiger partial charge is 0.495 e. The summed E-state index contributed by atoms with van der Waals surface area (Å²) in [7, 11) is -2.82. The molecule has 0 aliphatic heterocycles. The van der Waals surface area contributed by atoms with E-state index in [-0.39, 0.29) is 40.0 Å². The maximum atomic E-state index is 12.7. The Bertz CT molecular complexity index is 1100. The van der Waals surface area contributed by atoms with Gasteiger partial charge >= 0.3 is 0 Å². The van der Waals surface area contributed by atoms with Gasteiger partial charge in [-0.15, -0.1) is 0 Å². The van der Waals surface area contributed by atoms with Gasteiger partial charge in [-0.1, -0.05) is 0 Å². The Morgan fingerprint density at radius 2 is 1.72 bits per heavy atom. The van der Waals surface area contributed by atoms with E-state index in [1.165, 1.54) is 43.5 Å². The molecule has 0 bridgehead atoms. The van der Waals surface area contributed by atoms with Gasteiger partial charge in [0, 0.05) is 30.8 Å². The van der Waals surface area contributed by atoms with E-state index in [0.717, 1.165) is 6.07 Å². The number of nitro groups is 1. The van der Waals surface area contributed by atoms with Crippen LogP contribution in [0.25, 0.3) is 0 Å². The Morgan fingerprint density at radius 1 is 1.09 bits per heavy atom. The number of methoxy groups -OCH3 is 1. The number of carbonyl (C=O) groups excluding carboxylic acids is 2. The van der Waals surface area contributed by atoms with Gasteiger partial charge in [0.05, 0.1) is 29.2 Å². The maximum Gasteiger partial charge on any atom is 0.271 e. The zero-order valence-electron chi connectivity index (χ0n) is 17.8. The van der Waals surface area contributed by atoms with E-state index in [4.69, 9.17) is 4.74 Å². The number of hydrogen-bond donors (Lipinski definition) is 2. The van der Waals surface area contributed by atoms with Crippen molar-refractivity contribution in [2.24, 2.45) is 0 Å². The molecule has 0 atom stereocenters. The van der Waals surface area contributed by atoms with Gasteiger partial charge in [-0.05, 0) is 44.2 Å². The topological polar surface area (TPSA) is 148 Å². The number of nitrogens with zero attached hydrogens (tertiary/aromatic N) is 2. The molecule has 0 saturated carbocycles. The van der Waals surface area contributed by atoms with Gasteiger partial charge in [0.2, 0.25) is 5.91 Å². The lowest BCUT2D eigenvalue weighted by atomic mass is 10.2. The van der Waals surface area contributed by atoms with Crippen LogP contribution in [-0.2, 0) is 14.8 Å². The summed E-state index contributed by atoms with van der Waals surface area (Å²) in [6, 6.07) is 8.55. The molecule has 0 aromatic heterocycles. The second-order valence-corrected chi connectivity index (χ2v) is 8.20. The average Bonchev–Trinajstić information content (AvgIpc) is 2.78. The average molecular weight is 465 g/mol. The van der Waals surface area contributed by atoms with Gasteiger partial charge in [-0.25, -0.2) is 8.42 Å². The molecule has 0 heterocycles. The zero-order chi connectivity index (χ0) is 23.9. The first-order valence-electron chi connectivity index (χ1n) is 9.64. The lowest BCUT2D eigenvalue weighted by Crippen LogP contribution is -2.40. The van der Waals surface area contributed by atoms with E-state index in [0.29, 0.717) is 13.1 Å². The predicted molar refractivity (Wildman–Crippen MR) is 117 cm³/mol. The number of benzene rings is 2. The maximum absolute atomic E-state index is 12.7. The molecule has 2 aromatic rings. The minimum atomic E-state index is -4.12. The molecule has 2 rings (SSSR count). The van der Waals surface area contributed by atoms with E-state index >= 15 is 0 Å². The molecule has 0 aliphatic rings. The van der Waals surface area contributed by atoms with E-state index < -0.39 is 20.9 Å². The third-order valence-electron chi connectivity index (χ3n) is 4.58. The molecule has 0 radical (unpaired) electrons. The molecule has 0 saturated heterocycles. The summed E-state index contributed by atoms with van der Waals surface area (Å²) in [5, 5.41) is 13.5. The number of ether oxygens (including phenoxy) is 1. The van der Waals surface area contributed by atoms with Crippen LogP contribution in [0, 0.1) is 10.1 Å². The monoisotopic (exact) mass is 464 g/mol. The molecule has 11 nitrogen and oxygen atoms in total. The first-order chi connectivity index (χ1) is 15.1. The smallest absolute Gasteiger partial charge is 0.271 e. The molecule has 0 unspecified atom stereocenters. The Morgan fingerprint density at radius 3 is 2.25 bits per heavy atom. The Balaban J connectivity index is 2.15. The molecule has 0 aliphatic carbocycles.